The lowest BCUT2D eigenvalue weighted by Gasteiger charge is -2.24. The molecule has 8 nitrogen and oxygen atoms in total. The molecule has 0 fully saturated rings. The largest absolute Gasteiger partial charge is 0.468 e. The first kappa shape index (κ1) is 17.3. The molecule has 0 aromatic carbocycles. The van der Waals surface area contributed by atoms with Crippen LogP contribution in [0.2, 0.25) is 0 Å². The second kappa shape index (κ2) is 7.87. The zero-order chi connectivity index (χ0) is 16.0. The van der Waals surface area contributed by atoms with Gasteiger partial charge in [-0.1, -0.05) is 11.8 Å². The summed E-state index contributed by atoms with van der Waals surface area (Å²) in [6.45, 7) is 6.80. The Hall–Kier alpha value is -1.77. The number of amides is 1. The number of esters is 1. The van der Waals surface area contributed by atoms with E-state index in [-0.39, 0.29) is 23.6 Å². The zero-order valence-electron chi connectivity index (χ0n) is 12.7. The number of hydrogen-bond acceptors (Lipinski definition) is 7. The summed E-state index contributed by atoms with van der Waals surface area (Å²) in [7, 11) is 1.31. The number of anilines is 1. The molecule has 0 aliphatic heterocycles. The SMILES string of the molecule is CCN(CC)C(=O)C(C)n1c(N)nnc1SCC(=O)OC. The van der Waals surface area contributed by atoms with Crippen molar-refractivity contribution in [3.05, 3.63) is 0 Å². The molecule has 2 N–H and O–H groups in total. The molecule has 1 unspecified atom stereocenters. The molecule has 0 radical (unpaired) electrons. The third-order valence-electron chi connectivity index (χ3n) is 3.06. The Labute approximate surface area is 128 Å². The fourth-order valence-corrected chi connectivity index (χ4v) is 2.70. The van der Waals surface area contributed by atoms with Crippen LogP contribution in [0.4, 0.5) is 5.95 Å². The van der Waals surface area contributed by atoms with Crippen LogP contribution in [-0.2, 0) is 14.3 Å². The van der Waals surface area contributed by atoms with Crippen LogP contribution in [-0.4, -0.2) is 57.5 Å². The van der Waals surface area contributed by atoms with Crippen molar-refractivity contribution >= 4 is 29.6 Å². The number of carbonyl (C=O) groups is 2. The molecule has 0 spiro atoms. The molecule has 0 saturated heterocycles. The van der Waals surface area contributed by atoms with E-state index in [1.165, 1.54) is 11.7 Å². The lowest BCUT2D eigenvalue weighted by molar-refractivity contribution is -0.137. The Morgan fingerprint density at radius 1 is 1.38 bits per heavy atom. The minimum absolute atomic E-state index is 0.0635. The maximum absolute atomic E-state index is 12.4. The van der Waals surface area contributed by atoms with Crippen molar-refractivity contribution in [2.24, 2.45) is 0 Å². The molecule has 118 valence electrons. The summed E-state index contributed by atoms with van der Waals surface area (Å²) < 4.78 is 6.11. The lowest BCUT2D eigenvalue weighted by Crippen LogP contribution is -2.36. The van der Waals surface area contributed by atoms with Crippen LogP contribution in [0.3, 0.4) is 0 Å². The molecule has 1 rings (SSSR count). The van der Waals surface area contributed by atoms with Gasteiger partial charge >= 0.3 is 5.97 Å². The van der Waals surface area contributed by atoms with Gasteiger partial charge in [-0.2, -0.15) is 0 Å². The highest BCUT2D eigenvalue weighted by Gasteiger charge is 2.25. The van der Waals surface area contributed by atoms with Gasteiger partial charge in [-0.3, -0.25) is 14.2 Å². The number of nitrogens with two attached hydrogens (primary N) is 1. The Balaban J connectivity index is 2.93. The van der Waals surface area contributed by atoms with Gasteiger partial charge in [0.2, 0.25) is 11.9 Å². The van der Waals surface area contributed by atoms with Crippen LogP contribution in [0.25, 0.3) is 0 Å². The second-order valence-electron chi connectivity index (χ2n) is 4.26. The summed E-state index contributed by atoms with van der Waals surface area (Å²) in [5.74, 6) is -0.210. The van der Waals surface area contributed by atoms with Crippen molar-refractivity contribution in [2.45, 2.75) is 32.0 Å². The summed E-state index contributed by atoms with van der Waals surface area (Å²) in [5, 5.41) is 8.11. The predicted octanol–water partition coefficient (Wildman–Crippen LogP) is 0.555. The third-order valence-corrected chi connectivity index (χ3v) is 3.97. The smallest absolute Gasteiger partial charge is 0.316 e. The average Bonchev–Trinajstić information content (AvgIpc) is 2.85. The monoisotopic (exact) mass is 315 g/mol. The van der Waals surface area contributed by atoms with Gasteiger partial charge in [0.15, 0.2) is 5.16 Å². The van der Waals surface area contributed by atoms with Gasteiger partial charge in [0, 0.05) is 13.1 Å². The number of rotatable bonds is 7. The molecule has 0 aliphatic carbocycles. The molecular formula is C12H21N5O3S. The van der Waals surface area contributed by atoms with Crippen molar-refractivity contribution in [2.75, 3.05) is 31.7 Å². The van der Waals surface area contributed by atoms with E-state index in [9.17, 15) is 9.59 Å². The van der Waals surface area contributed by atoms with Crippen molar-refractivity contribution in [3.63, 3.8) is 0 Å². The highest BCUT2D eigenvalue weighted by atomic mass is 32.2. The van der Waals surface area contributed by atoms with E-state index < -0.39 is 6.04 Å². The van der Waals surface area contributed by atoms with E-state index in [4.69, 9.17) is 5.73 Å². The molecule has 9 heteroatoms. The quantitative estimate of drug-likeness (QED) is 0.579. The zero-order valence-corrected chi connectivity index (χ0v) is 13.5. The fraction of sp³-hybridized carbons (Fsp3) is 0.667. The minimum Gasteiger partial charge on any atom is -0.468 e. The number of nitrogens with zero attached hydrogens (tertiary/aromatic N) is 4. The summed E-state index contributed by atoms with van der Waals surface area (Å²) >= 11 is 1.14. The van der Waals surface area contributed by atoms with Crippen molar-refractivity contribution < 1.29 is 14.3 Å². The van der Waals surface area contributed by atoms with E-state index in [1.807, 2.05) is 13.8 Å². The lowest BCUT2D eigenvalue weighted by atomic mass is 10.3. The maximum Gasteiger partial charge on any atom is 0.316 e. The Morgan fingerprint density at radius 3 is 2.52 bits per heavy atom. The Kier molecular flexibility index (Phi) is 6.47. The number of carbonyl (C=O) groups excluding carboxylic acids is 2. The van der Waals surface area contributed by atoms with Gasteiger partial charge in [0.05, 0.1) is 12.9 Å². The summed E-state index contributed by atoms with van der Waals surface area (Å²) in [4.78, 5) is 25.3. The van der Waals surface area contributed by atoms with E-state index in [0.29, 0.717) is 18.2 Å². The van der Waals surface area contributed by atoms with Crippen LogP contribution >= 0.6 is 11.8 Å². The third kappa shape index (κ3) is 4.10. The van der Waals surface area contributed by atoms with Gasteiger partial charge in [0.25, 0.3) is 0 Å². The molecule has 1 aromatic rings. The number of ether oxygens (including phenoxy) is 1. The number of likely N-dealkylation sites (N-methyl/N-ethyl adjacent to an activating group) is 1. The number of aromatic nitrogens is 3. The van der Waals surface area contributed by atoms with Crippen molar-refractivity contribution in [1.82, 2.24) is 19.7 Å². The normalized spacial score (nSPS) is 12.0. The molecule has 1 heterocycles. The van der Waals surface area contributed by atoms with Gasteiger partial charge < -0.3 is 15.4 Å². The molecule has 0 saturated carbocycles. The van der Waals surface area contributed by atoms with Gasteiger partial charge in [-0.25, -0.2) is 0 Å². The number of methoxy groups -OCH3 is 1. The summed E-state index contributed by atoms with van der Waals surface area (Å²) in [6.07, 6.45) is 0. The van der Waals surface area contributed by atoms with Crippen LogP contribution < -0.4 is 5.73 Å². The number of hydrogen-bond donors (Lipinski definition) is 1. The van der Waals surface area contributed by atoms with Crippen LogP contribution in [0.1, 0.15) is 26.8 Å². The number of nitrogen functional groups attached to an aromatic ring is 1. The first-order chi connectivity index (χ1) is 9.96. The van der Waals surface area contributed by atoms with E-state index in [0.717, 1.165) is 11.8 Å². The maximum atomic E-state index is 12.4. The Morgan fingerprint density at radius 2 is 2.00 bits per heavy atom. The Bertz CT molecular complexity index is 501. The van der Waals surface area contributed by atoms with E-state index in [2.05, 4.69) is 14.9 Å². The molecule has 1 amide bonds. The molecule has 1 aromatic heterocycles. The standard InChI is InChI=1S/C12H21N5O3S/c1-5-16(6-2)10(19)8(3)17-11(13)14-15-12(17)21-7-9(18)20-4/h8H,5-7H2,1-4H3,(H2,13,14). The van der Waals surface area contributed by atoms with E-state index in [1.54, 1.807) is 11.8 Å². The fourth-order valence-electron chi connectivity index (χ4n) is 1.84. The molecule has 0 bridgehead atoms. The average molecular weight is 315 g/mol. The molecular weight excluding hydrogens is 294 g/mol. The van der Waals surface area contributed by atoms with Crippen LogP contribution in [0, 0.1) is 0 Å². The predicted molar refractivity (Wildman–Crippen MR) is 79.8 cm³/mol. The summed E-state index contributed by atoms with van der Waals surface area (Å²) in [6, 6.07) is -0.528. The van der Waals surface area contributed by atoms with Crippen LogP contribution in [0.5, 0.6) is 0 Å². The summed E-state index contributed by atoms with van der Waals surface area (Å²) in [5.41, 5.74) is 5.79. The van der Waals surface area contributed by atoms with Crippen molar-refractivity contribution in [1.29, 1.82) is 0 Å². The van der Waals surface area contributed by atoms with Crippen LogP contribution in [0.15, 0.2) is 5.16 Å². The highest BCUT2D eigenvalue weighted by Crippen LogP contribution is 2.24. The number of thioether (sulfide) groups is 1. The van der Waals surface area contributed by atoms with Gasteiger partial charge in [0.1, 0.15) is 6.04 Å². The topological polar surface area (TPSA) is 103 Å². The molecule has 1 atom stereocenters. The molecule has 21 heavy (non-hydrogen) atoms. The van der Waals surface area contributed by atoms with E-state index >= 15 is 0 Å². The second-order valence-corrected chi connectivity index (χ2v) is 5.20. The van der Waals surface area contributed by atoms with Crippen molar-refractivity contribution in [3.8, 4) is 0 Å². The minimum atomic E-state index is -0.528. The van der Waals surface area contributed by atoms with Gasteiger partial charge in [-0.05, 0) is 20.8 Å². The molecule has 0 aliphatic rings. The van der Waals surface area contributed by atoms with Gasteiger partial charge in [-0.15, -0.1) is 10.2 Å². The first-order valence-electron chi connectivity index (χ1n) is 6.64. The first-order valence-corrected chi connectivity index (χ1v) is 7.63. The highest BCUT2D eigenvalue weighted by molar-refractivity contribution is 7.99.